The standard InChI is InChI=1S/C11H11Br2NO4/c12-6-1-2-7(8(13)5-6)10(16)14-9(3-4-15)11(17)18/h1-2,5,9,15H,3-4H2,(H,14,16)(H,17,18). The van der Waals surface area contributed by atoms with Crippen molar-refractivity contribution in [3.63, 3.8) is 0 Å². The number of nitrogens with one attached hydrogen (secondary N) is 1. The molecule has 1 atom stereocenters. The van der Waals surface area contributed by atoms with E-state index in [9.17, 15) is 9.59 Å². The Morgan fingerprint density at radius 1 is 1.33 bits per heavy atom. The molecule has 5 nitrogen and oxygen atoms in total. The molecule has 1 aromatic carbocycles. The molecule has 7 heteroatoms. The van der Waals surface area contributed by atoms with Crippen molar-refractivity contribution in [2.24, 2.45) is 0 Å². The number of carbonyl (C=O) groups excluding carboxylic acids is 1. The minimum atomic E-state index is -1.18. The van der Waals surface area contributed by atoms with Gasteiger partial charge in [-0.2, -0.15) is 0 Å². The van der Waals surface area contributed by atoms with Gasteiger partial charge in [0, 0.05) is 22.0 Å². The number of carboxylic acid groups (broad SMARTS) is 1. The summed E-state index contributed by atoms with van der Waals surface area (Å²) in [5, 5.41) is 19.9. The van der Waals surface area contributed by atoms with Gasteiger partial charge < -0.3 is 15.5 Å². The predicted molar refractivity (Wildman–Crippen MR) is 72.4 cm³/mol. The third-order valence-corrected chi connectivity index (χ3v) is 3.35. The highest BCUT2D eigenvalue weighted by Gasteiger charge is 2.21. The number of aliphatic hydroxyl groups is 1. The van der Waals surface area contributed by atoms with Crippen molar-refractivity contribution >= 4 is 43.7 Å². The van der Waals surface area contributed by atoms with Crippen LogP contribution in [-0.4, -0.2) is 34.7 Å². The van der Waals surface area contributed by atoms with Crippen molar-refractivity contribution in [1.82, 2.24) is 5.32 Å². The first-order valence-corrected chi connectivity index (χ1v) is 6.64. The fraction of sp³-hybridized carbons (Fsp3) is 0.273. The van der Waals surface area contributed by atoms with Crippen LogP contribution in [0.4, 0.5) is 0 Å². The Hall–Kier alpha value is -0.920. The zero-order chi connectivity index (χ0) is 13.7. The molecule has 0 radical (unpaired) electrons. The summed E-state index contributed by atoms with van der Waals surface area (Å²) >= 11 is 6.48. The van der Waals surface area contributed by atoms with E-state index in [4.69, 9.17) is 10.2 Å². The van der Waals surface area contributed by atoms with Crippen LogP contribution < -0.4 is 5.32 Å². The quantitative estimate of drug-likeness (QED) is 0.726. The van der Waals surface area contributed by atoms with Crippen LogP contribution in [0.3, 0.4) is 0 Å². The number of amides is 1. The Kier molecular flexibility index (Phi) is 5.77. The first-order chi connectivity index (χ1) is 8.45. The van der Waals surface area contributed by atoms with Gasteiger partial charge in [-0.05, 0) is 34.1 Å². The number of benzene rings is 1. The largest absolute Gasteiger partial charge is 0.480 e. The summed E-state index contributed by atoms with van der Waals surface area (Å²) in [5.74, 6) is -1.68. The predicted octanol–water partition coefficient (Wildman–Crippen LogP) is 1.78. The third-order valence-electron chi connectivity index (χ3n) is 2.20. The summed E-state index contributed by atoms with van der Waals surface area (Å²) in [7, 11) is 0. The molecule has 0 aliphatic heterocycles. The van der Waals surface area contributed by atoms with E-state index < -0.39 is 17.9 Å². The molecule has 0 saturated carbocycles. The summed E-state index contributed by atoms with van der Waals surface area (Å²) in [6.07, 6.45) is -0.0325. The number of rotatable bonds is 5. The number of hydrogen-bond acceptors (Lipinski definition) is 3. The first-order valence-electron chi connectivity index (χ1n) is 5.05. The van der Waals surface area contributed by atoms with E-state index in [0.717, 1.165) is 4.47 Å². The molecular formula is C11H11Br2NO4. The molecule has 0 aliphatic rings. The van der Waals surface area contributed by atoms with Gasteiger partial charge in [-0.1, -0.05) is 15.9 Å². The maximum Gasteiger partial charge on any atom is 0.326 e. The number of carboxylic acids is 1. The highest BCUT2D eigenvalue weighted by atomic mass is 79.9. The van der Waals surface area contributed by atoms with E-state index in [1.165, 1.54) is 0 Å². The van der Waals surface area contributed by atoms with Crippen molar-refractivity contribution in [2.75, 3.05) is 6.61 Å². The van der Waals surface area contributed by atoms with Gasteiger partial charge in [0.15, 0.2) is 0 Å². The number of hydrogen-bond donors (Lipinski definition) is 3. The molecule has 3 N–H and O–H groups in total. The second-order valence-corrected chi connectivity index (χ2v) is 5.27. The van der Waals surface area contributed by atoms with E-state index >= 15 is 0 Å². The van der Waals surface area contributed by atoms with E-state index in [1.54, 1.807) is 18.2 Å². The van der Waals surface area contributed by atoms with Crippen molar-refractivity contribution in [2.45, 2.75) is 12.5 Å². The van der Waals surface area contributed by atoms with E-state index in [1.807, 2.05) is 0 Å². The fourth-order valence-corrected chi connectivity index (χ4v) is 2.52. The molecule has 1 amide bonds. The maximum absolute atomic E-state index is 11.9. The highest BCUT2D eigenvalue weighted by Crippen LogP contribution is 2.21. The average Bonchev–Trinajstić information content (AvgIpc) is 2.27. The lowest BCUT2D eigenvalue weighted by Gasteiger charge is -2.14. The van der Waals surface area contributed by atoms with Gasteiger partial charge >= 0.3 is 5.97 Å². The van der Waals surface area contributed by atoms with Crippen molar-refractivity contribution < 1.29 is 19.8 Å². The van der Waals surface area contributed by atoms with Crippen LogP contribution in [0, 0.1) is 0 Å². The molecular weight excluding hydrogens is 370 g/mol. The zero-order valence-corrected chi connectivity index (χ0v) is 12.4. The summed E-state index contributed by atoms with van der Waals surface area (Å²) in [6.45, 7) is -0.307. The number of aliphatic hydroxyl groups excluding tert-OH is 1. The Labute approximate surface area is 120 Å². The highest BCUT2D eigenvalue weighted by molar-refractivity contribution is 9.11. The third kappa shape index (κ3) is 4.08. The van der Waals surface area contributed by atoms with E-state index in [-0.39, 0.29) is 13.0 Å². The molecule has 98 valence electrons. The molecule has 0 aromatic heterocycles. The minimum absolute atomic E-state index is 0.0325. The molecule has 1 aromatic rings. The molecule has 0 spiro atoms. The molecule has 0 aliphatic carbocycles. The van der Waals surface area contributed by atoms with Crippen molar-refractivity contribution in [3.8, 4) is 0 Å². The van der Waals surface area contributed by atoms with Gasteiger partial charge in [0.1, 0.15) is 6.04 Å². The Bertz CT molecular complexity index is 464. The smallest absolute Gasteiger partial charge is 0.326 e. The Balaban J connectivity index is 2.83. The Morgan fingerprint density at radius 2 is 2.00 bits per heavy atom. The normalized spacial score (nSPS) is 11.9. The Morgan fingerprint density at radius 3 is 2.50 bits per heavy atom. The van der Waals surface area contributed by atoms with Crippen LogP contribution >= 0.6 is 31.9 Å². The van der Waals surface area contributed by atoms with Gasteiger partial charge in [-0.25, -0.2) is 4.79 Å². The topological polar surface area (TPSA) is 86.6 Å². The van der Waals surface area contributed by atoms with Crippen LogP contribution in [-0.2, 0) is 4.79 Å². The molecule has 0 fully saturated rings. The monoisotopic (exact) mass is 379 g/mol. The summed E-state index contributed by atoms with van der Waals surface area (Å²) < 4.78 is 1.36. The molecule has 1 rings (SSSR count). The van der Waals surface area contributed by atoms with Gasteiger partial charge in [0.05, 0.1) is 5.56 Å². The number of carbonyl (C=O) groups is 2. The molecule has 0 saturated heterocycles. The van der Waals surface area contributed by atoms with Crippen molar-refractivity contribution in [1.29, 1.82) is 0 Å². The average molecular weight is 381 g/mol. The van der Waals surface area contributed by atoms with Gasteiger partial charge in [-0.15, -0.1) is 0 Å². The number of aliphatic carboxylic acids is 1. The van der Waals surface area contributed by atoms with Crippen LogP contribution in [0.2, 0.25) is 0 Å². The summed E-state index contributed by atoms with van der Waals surface area (Å²) in [4.78, 5) is 22.7. The summed E-state index contributed by atoms with van der Waals surface area (Å²) in [6, 6.07) is 3.84. The molecule has 18 heavy (non-hydrogen) atoms. The minimum Gasteiger partial charge on any atom is -0.480 e. The van der Waals surface area contributed by atoms with Crippen LogP contribution in [0.25, 0.3) is 0 Å². The molecule has 1 unspecified atom stereocenters. The van der Waals surface area contributed by atoms with Crippen LogP contribution in [0.1, 0.15) is 16.8 Å². The fourth-order valence-electron chi connectivity index (χ4n) is 1.30. The van der Waals surface area contributed by atoms with Crippen LogP contribution in [0.15, 0.2) is 27.1 Å². The second kappa shape index (κ2) is 6.86. The number of halogens is 2. The first kappa shape index (κ1) is 15.1. The van der Waals surface area contributed by atoms with Crippen molar-refractivity contribution in [3.05, 3.63) is 32.7 Å². The van der Waals surface area contributed by atoms with E-state index in [0.29, 0.717) is 10.0 Å². The SMILES string of the molecule is O=C(NC(CCO)C(=O)O)c1ccc(Br)cc1Br. The summed E-state index contributed by atoms with van der Waals surface area (Å²) in [5.41, 5.74) is 0.336. The maximum atomic E-state index is 11.9. The lowest BCUT2D eigenvalue weighted by molar-refractivity contribution is -0.139. The van der Waals surface area contributed by atoms with Gasteiger partial charge in [0.2, 0.25) is 0 Å². The van der Waals surface area contributed by atoms with Crippen LogP contribution in [0.5, 0.6) is 0 Å². The second-order valence-electron chi connectivity index (χ2n) is 3.50. The lowest BCUT2D eigenvalue weighted by atomic mass is 10.1. The molecule has 0 bridgehead atoms. The van der Waals surface area contributed by atoms with Gasteiger partial charge in [0.25, 0.3) is 5.91 Å². The van der Waals surface area contributed by atoms with Gasteiger partial charge in [-0.3, -0.25) is 4.79 Å². The van der Waals surface area contributed by atoms with E-state index in [2.05, 4.69) is 37.2 Å². The molecule has 0 heterocycles. The lowest BCUT2D eigenvalue weighted by Crippen LogP contribution is -2.41. The zero-order valence-electron chi connectivity index (χ0n) is 9.19.